The molecular weight excluding hydrogens is 274 g/mol. The average molecular weight is 292 g/mol. The van der Waals surface area contributed by atoms with Crippen molar-refractivity contribution in [1.29, 1.82) is 0 Å². The second kappa shape index (κ2) is 6.53. The fraction of sp³-hybridized carbons (Fsp3) is 0.250. The first-order valence-corrected chi connectivity index (χ1v) is 6.72. The van der Waals surface area contributed by atoms with E-state index in [-0.39, 0.29) is 0 Å². The van der Waals surface area contributed by atoms with Crippen molar-refractivity contribution in [3.8, 4) is 11.5 Å². The largest absolute Gasteiger partial charge is 0.493 e. The van der Waals surface area contributed by atoms with Crippen LogP contribution in [0.5, 0.6) is 11.5 Å². The number of ether oxygens (including phenoxy) is 2. The molecule has 0 spiro atoms. The van der Waals surface area contributed by atoms with Gasteiger partial charge in [0.15, 0.2) is 11.5 Å². The van der Waals surface area contributed by atoms with Crippen molar-refractivity contribution in [2.24, 2.45) is 0 Å². The number of anilines is 1. The van der Waals surface area contributed by atoms with Crippen molar-refractivity contribution in [3.05, 3.63) is 52.5 Å². The van der Waals surface area contributed by atoms with Crippen molar-refractivity contribution >= 4 is 17.3 Å². The lowest BCUT2D eigenvalue weighted by atomic mass is 10.1. The number of benzene rings is 2. The molecule has 0 aliphatic rings. The summed E-state index contributed by atoms with van der Waals surface area (Å²) in [5, 5.41) is 4.11. The summed E-state index contributed by atoms with van der Waals surface area (Å²) in [5.41, 5.74) is 3.31. The van der Waals surface area contributed by atoms with Gasteiger partial charge in [0.25, 0.3) is 0 Å². The summed E-state index contributed by atoms with van der Waals surface area (Å²) in [6.07, 6.45) is 0. The van der Waals surface area contributed by atoms with E-state index in [9.17, 15) is 0 Å². The molecule has 0 amide bonds. The third-order valence-electron chi connectivity index (χ3n) is 3.13. The lowest BCUT2D eigenvalue weighted by Gasteiger charge is -2.12. The SMILES string of the molecule is COc1ccc(CNc2cc(Cl)ccc2C)cc1OC. The van der Waals surface area contributed by atoms with E-state index in [0.717, 1.165) is 33.3 Å². The molecule has 0 saturated carbocycles. The molecule has 0 bridgehead atoms. The third kappa shape index (κ3) is 3.36. The van der Waals surface area contributed by atoms with Gasteiger partial charge >= 0.3 is 0 Å². The van der Waals surface area contributed by atoms with Gasteiger partial charge in [-0.15, -0.1) is 0 Å². The molecule has 3 nitrogen and oxygen atoms in total. The summed E-state index contributed by atoms with van der Waals surface area (Å²) >= 11 is 6.01. The Morgan fingerprint density at radius 3 is 2.45 bits per heavy atom. The van der Waals surface area contributed by atoms with Crippen molar-refractivity contribution in [3.63, 3.8) is 0 Å². The molecule has 0 saturated heterocycles. The zero-order valence-electron chi connectivity index (χ0n) is 11.9. The predicted octanol–water partition coefficient (Wildman–Crippen LogP) is 4.28. The normalized spacial score (nSPS) is 10.2. The molecule has 1 N–H and O–H groups in total. The maximum absolute atomic E-state index is 6.01. The van der Waals surface area contributed by atoms with Crippen LogP contribution >= 0.6 is 11.6 Å². The molecule has 0 heterocycles. The topological polar surface area (TPSA) is 30.5 Å². The maximum Gasteiger partial charge on any atom is 0.161 e. The summed E-state index contributed by atoms with van der Waals surface area (Å²) in [5.74, 6) is 1.46. The Hall–Kier alpha value is -1.87. The van der Waals surface area contributed by atoms with E-state index in [1.54, 1.807) is 14.2 Å². The molecule has 106 valence electrons. The van der Waals surface area contributed by atoms with Gasteiger partial charge in [-0.3, -0.25) is 0 Å². The molecule has 0 atom stereocenters. The molecule has 0 aliphatic carbocycles. The van der Waals surface area contributed by atoms with Crippen LogP contribution in [0.3, 0.4) is 0 Å². The van der Waals surface area contributed by atoms with E-state index in [4.69, 9.17) is 21.1 Å². The van der Waals surface area contributed by atoms with Gasteiger partial charge in [0.05, 0.1) is 14.2 Å². The Balaban J connectivity index is 2.12. The molecule has 2 aromatic carbocycles. The van der Waals surface area contributed by atoms with Crippen LogP contribution in [0.1, 0.15) is 11.1 Å². The first-order valence-electron chi connectivity index (χ1n) is 6.35. The van der Waals surface area contributed by atoms with Crippen LogP contribution in [-0.4, -0.2) is 14.2 Å². The van der Waals surface area contributed by atoms with E-state index >= 15 is 0 Å². The molecule has 0 unspecified atom stereocenters. The van der Waals surface area contributed by atoms with Crippen LogP contribution in [0, 0.1) is 6.92 Å². The minimum absolute atomic E-state index is 0.696. The van der Waals surface area contributed by atoms with Crippen LogP contribution in [0.4, 0.5) is 5.69 Å². The third-order valence-corrected chi connectivity index (χ3v) is 3.37. The Morgan fingerprint density at radius 2 is 1.75 bits per heavy atom. The highest BCUT2D eigenvalue weighted by Gasteiger charge is 2.05. The Kier molecular flexibility index (Phi) is 4.74. The van der Waals surface area contributed by atoms with Gasteiger partial charge in [-0.2, -0.15) is 0 Å². The van der Waals surface area contributed by atoms with Gasteiger partial charge in [0.2, 0.25) is 0 Å². The average Bonchev–Trinajstić information content (AvgIpc) is 2.47. The van der Waals surface area contributed by atoms with E-state index in [1.165, 1.54) is 0 Å². The van der Waals surface area contributed by atoms with Gasteiger partial charge in [-0.1, -0.05) is 23.7 Å². The molecule has 0 aromatic heterocycles. The summed E-state index contributed by atoms with van der Waals surface area (Å²) in [4.78, 5) is 0. The number of rotatable bonds is 5. The molecular formula is C16H18ClNO2. The van der Waals surface area contributed by atoms with Crippen LogP contribution in [0.25, 0.3) is 0 Å². The molecule has 2 rings (SSSR count). The van der Waals surface area contributed by atoms with Gasteiger partial charge in [-0.25, -0.2) is 0 Å². The smallest absolute Gasteiger partial charge is 0.161 e. The highest BCUT2D eigenvalue weighted by atomic mass is 35.5. The molecule has 2 aromatic rings. The number of hydrogen-bond acceptors (Lipinski definition) is 3. The number of hydrogen-bond donors (Lipinski definition) is 1. The van der Waals surface area contributed by atoms with Crippen LogP contribution in [-0.2, 0) is 6.54 Å². The predicted molar refractivity (Wildman–Crippen MR) is 83.1 cm³/mol. The van der Waals surface area contributed by atoms with Gasteiger partial charge in [0.1, 0.15) is 0 Å². The lowest BCUT2D eigenvalue weighted by molar-refractivity contribution is 0.354. The quantitative estimate of drug-likeness (QED) is 0.892. The number of methoxy groups -OCH3 is 2. The highest BCUT2D eigenvalue weighted by molar-refractivity contribution is 6.30. The monoisotopic (exact) mass is 291 g/mol. The fourth-order valence-corrected chi connectivity index (χ4v) is 2.14. The molecule has 20 heavy (non-hydrogen) atoms. The molecule has 4 heteroatoms. The minimum atomic E-state index is 0.696. The number of aryl methyl sites for hydroxylation is 1. The van der Waals surface area contributed by atoms with E-state index in [0.29, 0.717) is 6.54 Å². The van der Waals surface area contributed by atoms with Crippen molar-refractivity contribution in [2.75, 3.05) is 19.5 Å². The van der Waals surface area contributed by atoms with Crippen molar-refractivity contribution in [2.45, 2.75) is 13.5 Å². The summed E-state index contributed by atoms with van der Waals surface area (Å²) in [6.45, 7) is 2.74. The number of nitrogens with one attached hydrogen (secondary N) is 1. The van der Waals surface area contributed by atoms with Gasteiger partial charge < -0.3 is 14.8 Å². The zero-order chi connectivity index (χ0) is 14.5. The van der Waals surface area contributed by atoms with Gasteiger partial charge in [0, 0.05) is 17.3 Å². The van der Waals surface area contributed by atoms with Crippen LogP contribution in [0.2, 0.25) is 5.02 Å². The first-order chi connectivity index (χ1) is 9.63. The number of halogens is 1. The van der Waals surface area contributed by atoms with E-state index in [1.807, 2.05) is 43.3 Å². The molecule has 0 aliphatic heterocycles. The van der Waals surface area contributed by atoms with Crippen LogP contribution in [0.15, 0.2) is 36.4 Å². The first kappa shape index (κ1) is 14.5. The van der Waals surface area contributed by atoms with Crippen LogP contribution < -0.4 is 14.8 Å². The minimum Gasteiger partial charge on any atom is -0.493 e. The van der Waals surface area contributed by atoms with Crippen molar-refractivity contribution in [1.82, 2.24) is 0 Å². The summed E-state index contributed by atoms with van der Waals surface area (Å²) in [6, 6.07) is 11.7. The molecule has 0 radical (unpaired) electrons. The van der Waals surface area contributed by atoms with E-state index < -0.39 is 0 Å². The fourth-order valence-electron chi connectivity index (χ4n) is 1.97. The second-order valence-electron chi connectivity index (χ2n) is 4.50. The summed E-state index contributed by atoms with van der Waals surface area (Å²) < 4.78 is 10.5. The summed E-state index contributed by atoms with van der Waals surface area (Å²) in [7, 11) is 3.27. The van der Waals surface area contributed by atoms with Crippen molar-refractivity contribution < 1.29 is 9.47 Å². The Bertz CT molecular complexity index is 599. The Morgan fingerprint density at radius 1 is 1.00 bits per heavy atom. The van der Waals surface area contributed by atoms with E-state index in [2.05, 4.69) is 5.32 Å². The molecule has 0 fully saturated rings. The zero-order valence-corrected chi connectivity index (χ0v) is 12.6. The maximum atomic E-state index is 6.01. The lowest BCUT2D eigenvalue weighted by Crippen LogP contribution is -2.02. The highest BCUT2D eigenvalue weighted by Crippen LogP contribution is 2.28. The van der Waals surface area contributed by atoms with Gasteiger partial charge in [-0.05, 0) is 42.3 Å². The second-order valence-corrected chi connectivity index (χ2v) is 4.94. The Labute approximate surface area is 124 Å². The standard InChI is InChI=1S/C16H18ClNO2/c1-11-4-6-13(17)9-14(11)18-10-12-5-7-15(19-2)16(8-12)20-3/h4-9,18H,10H2,1-3H3.